The summed E-state index contributed by atoms with van der Waals surface area (Å²) >= 11 is 0. The van der Waals surface area contributed by atoms with Crippen LogP contribution in [0.2, 0.25) is 0 Å². The molecule has 2 heterocycles. The summed E-state index contributed by atoms with van der Waals surface area (Å²) in [6.07, 6.45) is 1.32. The Morgan fingerprint density at radius 3 is 2.73 bits per heavy atom. The zero-order chi connectivity index (χ0) is 21.3. The number of amides is 1. The molecule has 2 aliphatic rings. The predicted molar refractivity (Wildman–Crippen MR) is 114 cm³/mol. The summed E-state index contributed by atoms with van der Waals surface area (Å²) in [5.41, 5.74) is 1.51. The van der Waals surface area contributed by atoms with E-state index < -0.39 is 10.0 Å². The summed E-state index contributed by atoms with van der Waals surface area (Å²) in [6.45, 7) is 3.32. The Hall–Kier alpha value is -2.58. The van der Waals surface area contributed by atoms with Gasteiger partial charge in [-0.1, -0.05) is 12.1 Å². The lowest BCUT2D eigenvalue weighted by Gasteiger charge is -2.36. The third-order valence-electron chi connectivity index (χ3n) is 5.73. The highest BCUT2D eigenvalue weighted by atomic mass is 32.2. The van der Waals surface area contributed by atoms with Gasteiger partial charge in [0.15, 0.2) is 0 Å². The molecule has 30 heavy (non-hydrogen) atoms. The van der Waals surface area contributed by atoms with Crippen molar-refractivity contribution in [3.63, 3.8) is 0 Å². The summed E-state index contributed by atoms with van der Waals surface area (Å²) in [7, 11) is -2.13. The van der Waals surface area contributed by atoms with Crippen LogP contribution in [0.3, 0.4) is 0 Å². The highest BCUT2D eigenvalue weighted by molar-refractivity contribution is 7.89. The number of fused-ring (bicyclic) bond motifs is 1. The van der Waals surface area contributed by atoms with Crippen molar-refractivity contribution in [3.8, 4) is 11.5 Å². The first-order valence-corrected chi connectivity index (χ1v) is 11.5. The Bertz CT molecular complexity index is 1050. The Morgan fingerprint density at radius 2 is 1.97 bits per heavy atom. The van der Waals surface area contributed by atoms with Crippen molar-refractivity contribution < 1.29 is 22.7 Å². The number of carbonyl (C=O) groups excluding carboxylic acids is 1. The molecule has 0 bridgehead atoms. The zero-order valence-electron chi connectivity index (χ0n) is 17.2. The molecule has 0 spiro atoms. The summed E-state index contributed by atoms with van der Waals surface area (Å²) in [4.78, 5) is 15.3. The number of nitrogens with zero attached hydrogens (tertiary/aromatic N) is 2. The second kappa shape index (κ2) is 8.28. The van der Waals surface area contributed by atoms with Crippen LogP contribution in [0.15, 0.2) is 47.4 Å². The average Bonchev–Trinajstić information content (AvgIpc) is 2.78. The Labute approximate surface area is 177 Å². The monoisotopic (exact) mass is 430 g/mol. The fraction of sp³-hybridized carbons (Fsp3) is 0.409. The van der Waals surface area contributed by atoms with E-state index in [1.807, 2.05) is 31.2 Å². The highest BCUT2D eigenvalue weighted by Gasteiger charge is 2.36. The summed E-state index contributed by atoms with van der Waals surface area (Å²) in [5, 5.41) is 0. The molecule has 1 saturated heterocycles. The predicted octanol–water partition coefficient (Wildman–Crippen LogP) is 2.83. The lowest BCUT2D eigenvalue weighted by molar-refractivity contribution is -0.123. The van der Waals surface area contributed by atoms with Gasteiger partial charge in [0.05, 0.1) is 30.2 Å². The fourth-order valence-corrected chi connectivity index (χ4v) is 5.75. The number of rotatable bonds is 4. The third kappa shape index (κ3) is 3.77. The molecule has 0 N–H and O–H groups in total. The van der Waals surface area contributed by atoms with E-state index in [2.05, 4.69) is 0 Å². The number of para-hydroxylation sites is 2. The molecule has 4 rings (SSSR count). The van der Waals surface area contributed by atoms with Crippen molar-refractivity contribution in [3.05, 3.63) is 48.0 Å². The van der Waals surface area contributed by atoms with E-state index in [1.165, 1.54) is 4.31 Å². The molecule has 0 aliphatic carbocycles. The SMILES string of the molecule is COc1ccc(S(=O)(=O)N2CCCC(C(=O)N3CCOc4ccccc43)C2)cc1C. The van der Waals surface area contributed by atoms with Gasteiger partial charge in [-0.15, -0.1) is 0 Å². The van der Waals surface area contributed by atoms with Gasteiger partial charge < -0.3 is 14.4 Å². The number of anilines is 1. The lowest BCUT2D eigenvalue weighted by Crippen LogP contribution is -2.48. The first-order chi connectivity index (χ1) is 14.4. The molecule has 1 atom stereocenters. The number of ether oxygens (including phenoxy) is 2. The van der Waals surface area contributed by atoms with E-state index >= 15 is 0 Å². The number of aryl methyl sites for hydroxylation is 1. The molecule has 7 nitrogen and oxygen atoms in total. The molecule has 1 unspecified atom stereocenters. The van der Waals surface area contributed by atoms with Gasteiger partial charge in [0.25, 0.3) is 0 Å². The molecule has 8 heteroatoms. The first kappa shape index (κ1) is 20.7. The van der Waals surface area contributed by atoms with Gasteiger partial charge in [-0.2, -0.15) is 4.31 Å². The fourth-order valence-electron chi connectivity index (χ4n) is 4.14. The van der Waals surface area contributed by atoms with E-state index in [1.54, 1.807) is 30.2 Å². The largest absolute Gasteiger partial charge is 0.496 e. The molecule has 0 radical (unpaired) electrons. The first-order valence-electron chi connectivity index (χ1n) is 10.1. The quantitative estimate of drug-likeness (QED) is 0.746. The second-order valence-corrected chi connectivity index (χ2v) is 9.58. The van der Waals surface area contributed by atoms with Crippen LogP contribution < -0.4 is 14.4 Å². The molecular weight excluding hydrogens is 404 g/mol. The third-order valence-corrected chi connectivity index (χ3v) is 7.59. The van der Waals surface area contributed by atoms with Gasteiger partial charge in [-0.3, -0.25) is 4.79 Å². The molecule has 2 aromatic rings. The maximum Gasteiger partial charge on any atom is 0.243 e. The summed E-state index contributed by atoms with van der Waals surface area (Å²) in [5.74, 6) is 0.910. The van der Waals surface area contributed by atoms with Crippen LogP contribution in [-0.2, 0) is 14.8 Å². The van der Waals surface area contributed by atoms with Gasteiger partial charge in [-0.25, -0.2) is 8.42 Å². The number of piperidine rings is 1. The number of carbonyl (C=O) groups is 1. The van der Waals surface area contributed by atoms with Crippen molar-refractivity contribution in [2.24, 2.45) is 5.92 Å². The van der Waals surface area contributed by atoms with Crippen LogP contribution in [0.1, 0.15) is 18.4 Å². The van der Waals surface area contributed by atoms with Crippen LogP contribution in [0.5, 0.6) is 11.5 Å². The maximum absolute atomic E-state index is 13.3. The average molecular weight is 431 g/mol. The maximum atomic E-state index is 13.3. The van der Waals surface area contributed by atoms with E-state index in [0.717, 1.165) is 11.3 Å². The molecule has 0 saturated carbocycles. The van der Waals surface area contributed by atoms with Crippen molar-refractivity contribution in [1.29, 1.82) is 0 Å². The molecule has 2 aromatic carbocycles. The van der Waals surface area contributed by atoms with Crippen LogP contribution in [0.25, 0.3) is 0 Å². The van der Waals surface area contributed by atoms with Gasteiger partial charge in [0, 0.05) is 13.1 Å². The Balaban J connectivity index is 1.55. The normalized spacial score (nSPS) is 19.7. The van der Waals surface area contributed by atoms with Crippen molar-refractivity contribution >= 4 is 21.6 Å². The smallest absolute Gasteiger partial charge is 0.243 e. The lowest BCUT2D eigenvalue weighted by atomic mass is 9.97. The number of benzene rings is 2. The van der Waals surface area contributed by atoms with Crippen LogP contribution in [-0.4, -0.2) is 52.0 Å². The van der Waals surface area contributed by atoms with Crippen LogP contribution in [0.4, 0.5) is 5.69 Å². The molecule has 160 valence electrons. The molecule has 0 aromatic heterocycles. The number of hydrogen-bond donors (Lipinski definition) is 0. The minimum absolute atomic E-state index is 0.0449. The highest BCUT2D eigenvalue weighted by Crippen LogP contribution is 2.34. The van der Waals surface area contributed by atoms with Gasteiger partial charge in [-0.05, 0) is 55.7 Å². The molecule has 2 aliphatic heterocycles. The topological polar surface area (TPSA) is 76.2 Å². The summed E-state index contributed by atoms with van der Waals surface area (Å²) in [6, 6.07) is 12.3. The van der Waals surface area contributed by atoms with E-state index in [9.17, 15) is 13.2 Å². The Kier molecular flexibility index (Phi) is 5.71. The van der Waals surface area contributed by atoms with Gasteiger partial charge in [0.2, 0.25) is 15.9 Å². The molecule has 1 amide bonds. The zero-order valence-corrected chi connectivity index (χ0v) is 18.0. The minimum atomic E-state index is -3.68. The van der Waals surface area contributed by atoms with Crippen molar-refractivity contribution in [1.82, 2.24) is 4.31 Å². The van der Waals surface area contributed by atoms with Crippen molar-refractivity contribution in [2.75, 3.05) is 38.3 Å². The van der Waals surface area contributed by atoms with E-state index in [0.29, 0.717) is 44.0 Å². The van der Waals surface area contributed by atoms with Crippen LogP contribution in [0, 0.1) is 12.8 Å². The van der Waals surface area contributed by atoms with Crippen LogP contribution >= 0.6 is 0 Å². The second-order valence-electron chi connectivity index (χ2n) is 7.64. The van der Waals surface area contributed by atoms with Gasteiger partial charge in [0.1, 0.15) is 18.1 Å². The standard InChI is InChI=1S/C22H26N2O5S/c1-16-14-18(9-10-20(16)28-2)30(26,27)23-11-5-6-17(15-23)22(25)24-12-13-29-21-8-4-3-7-19(21)24/h3-4,7-10,14,17H,5-6,11-13,15H2,1-2H3. The van der Waals surface area contributed by atoms with E-state index in [4.69, 9.17) is 9.47 Å². The minimum Gasteiger partial charge on any atom is -0.496 e. The number of sulfonamides is 1. The number of methoxy groups -OCH3 is 1. The molecule has 1 fully saturated rings. The summed E-state index contributed by atoms with van der Waals surface area (Å²) < 4.78 is 38.8. The molecular formula is C22H26N2O5S. The Morgan fingerprint density at radius 1 is 1.17 bits per heavy atom. The number of hydrogen-bond acceptors (Lipinski definition) is 5. The van der Waals surface area contributed by atoms with Gasteiger partial charge >= 0.3 is 0 Å². The van der Waals surface area contributed by atoms with Crippen molar-refractivity contribution in [2.45, 2.75) is 24.7 Å². The van der Waals surface area contributed by atoms with E-state index in [-0.39, 0.29) is 23.3 Å².